The molecule has 15 heavy (non-hydrogen) atoms. The van der Waals surface area contributed by atoms with Gasteiger partial charge in [-0.1, -0.05) is 6.58 Å². The molecule has 0 aliphatic rings. The average Bonchev–Trinajstić information content (AvgIpc) is 2.65. The van der Waals surface area contributed by atoms with Crippen LogP contribution < -0.4 is 11.3 Å². The van der Waals surface area contributed by atoms with Gasteiger partial charge in [0, 0.05) is 0 Å². The number of imidazole rings is 1. The molecule has 7 heteroatoms. The lowest BCUT2D eigenvalue weighted by Crippen LogP contribution is -2.29. The molecular formula is C8H7N5O2. The van der Waals surface area contributed by atoms with Crippen LogP contribution in [0, 0.1) is 0 Å². The highest BCUT2D eigenvalue weighted by atomic mass is 16.2. The van der Waals surface area contributed by atoms with Crippen LogP contribution in [0.3, 0.4) is 0 Å². The highest BCUT2D eigenvalue weighted by Gasteiger charge is 2.13. The molecule has 2 aromatic rings. The minimum absolute atomic E-state index is 0.138. The highest BCUT2D eigenvalue weighted by molar-refractivity contribution is 5.92. The summed E-state index contributed by atoms with van der Waals surface area (Å²) < 4.78 is 0.730. The predicted octanol–water partition coefficient (Wildman–Crippen LogP) is -0.472. The van der Waals surface area contributed by atoms with E-state index in [4.69, 9.17) is 5.73 Å². The van der Waals surface area contributed by atoms with Crippen molar-refractivity contribution in [2.75, 3.05) is 5.73 Å². The molecule has 0 unspecified atom stereocenters. The zero-order valence-electron chi connectivity index (χ0n) is 7.60. The Morgan fingerprint density at radius 3 is 3.07 bits per heavy atom. The number of nitrogen functional groups attached to an aromatic ring is 1. The summed E-state index contributed by atoms with van der Waals surface area (Å²) in [5.74, 6) is -0.828. The van der Waals surface area contributed by atoms with Crippen molar-refractivity contribution in [2.24, 2.45) is 0 Å². The zero-order valence-corrected chi connectivity index (χ0v) is 7.60. The van der Waals surface area contributed by atoms with E-state index in [0.717, 1.165) is 10.6 Å². The van der Waals surface area contributed by atoms with Crippen LogP contribution in [0.25, 0.3) is 11.2 Å². The molecule has 0 amide bonds. The van der Waals surface area contributed by atoms with Gasteiger partial charge in [-0.3, -0.25) is 9.59 Å². The molecule has 0 aliphatic carbocycles. The van der Waals surface area contributed by atoms with Crippen LogP contribution in [0.15, 0.2) is 23.8 Å². The monoisotopic (exact) mass is 205 g/mol. The predicted molar refractivity (Wildman–Crippen MR) is 53.4 cm³/mol. The van der Waals surface area contributed by atoms with Crippen molar-refractivity contribution in [1.82, 2.24) is 19.5 Å². The fraction of sp³-hybridized carbons (Fsp3) is 0. The van der Waals surface area contributed by atoms with Gasteiger partial charge in [0.2, 0.25) is 5.95 Å². The number of rotatable bonds is 1. The number of allylic oxidation sites excluding steroid dienone is 1. The summed E-state index contributed by atoms with van der Waals surface area (Å²) in [4.78, 5) is 33.2. The van der Waals surface area contributed by atoms with Crippen molar-refractivity contribution in [1.29, 1.82) is 0 Å². The Bertz CT molecular complexity index is 609. The molecule has 0 aliphatic heterocycles. The first-order valence-electron chi connectivity index (χ1n) is 4.03. The molecule has 0 bridgehead atoms. The van der Waals surface area contributed by atoms with Gasteiger partial charge < -0.3 is 10.7 Å². The summed E-state index contributed by atoms with van der Waals surface area (Å²) in [5, 5.41) is 0. The number of nitrogens with zero attached hydrogens (tertiary/aromatic N) is 3. The van der Waals surface area contributed by atoms with E-state index < -0.39 is 11.5 Å². The van der Waals surface area contributed by atoms with Crippen molar-refractivity contribution in [3.05, 3.63) is 29.3 Å². The van der Waals surface area contributed by atoms with E-state index in [1.165, 1.54) is 6.33 Å². The summed E-state index contributed by atoms with van der Waals surface area (Å²) in [6.45, 7) is 3.27. The number of H-pyrrole nitrogens is 1. The van der Waals surface area contributed by atoms with Crippen LogP contribution >= 0.6 is 0 Å². The Hall–Kier alpha value is -2.44. The Kier molecular flexibility index (Phi) is 1.86. The third-order valence-electron chi connectivity index (χ3n) is 1.88. The maximum Gasteiger partial charge on any atom is 0.288 e. The number of anilines is 1. The van der Waals surface area contributed by atoms with Gasteiger partial charge in [0.1, 0.15) is 0 Å². The molecular weight excluding hydrogens is 198 g/mol. The summed E-state index contributed by atoms with van der Waals surface area (Å²) >= 11 is 0. The van der Waals surface area contributed by atoms with E-state index in [-0.39, 0.29) is 17.1 Å². The standard InChI is InChI=1S/C8H7N5O2/c1-2-4(14)13-7(15)5-6(11-3-10-5)12-8(13)9/h2-3H,1H2,(H2,9,12)(H,10,11). The molecule has 2 aromatic heterocycles. The number of hydrogen-bond donors (Lipinski definition) is 2. The molecule has 0 spiro atoms. The lowest BCUT2D eigenvalue weighted by molar-refractivity contribution is 0.0967. The van der Waals surface area contributed by atoms with E-state index in [1.54, 1.807) is 0 Å². The largest absolute Gasteiger partial charge is 0.369 e. The molecule has 3 N–H and O–H groups in total. The smallest absolute Gasteiger partial charge is 0.288 e. The quantitative estimate of drug-likeness (QED) is 0.612. The normalized spacial score (nSPS) is 10.4. The molecule has 2 heterocycles. The van der Waals surface area contributed by atoms with Gasteiger partial charge in [-0.2, -0.15) is 4.98 Å². The Morgan fingerprint density at radius 2 is 2.40 bits per heavy atom. The molecule has 7 nitrogen and oxygen atoms in total. The molecule has 0 fully saturated rings. The van der Waals surface area contributed by atoms with Crippen molar-refractivity contribution in [3.63, 3.8) is 0 Å². The fourth-order valence-electron chi connectivity index (χ4n) is 1.21. The maximum atomic E-state index is 11.7. The number of aromatic nitrogens is 4. The SMILES string of the molecule is C=CC(=O)n1c(N)nc2nc[nH]c2c1=O. The van der Waals surface area contributed by atoms with Crippen molar-refractivity contribution in [3.8, 4) is 0 Å². The van der Waals surface area contributed by atoms with Crippen LogP contribution in [0.5, 0.6) is 0 Å². The number of aromatic amines is 1. The third-order valence-corrected chi connectivity index (χ3v) is 1.88. The average molecular weight is 205 g/mol. The first-order chi connectivity index (χ1) is 7.15. The molecule has 0 saturated carbocycles. The van der Waals surface area contributed by atoms with Gasteiger partial charge >= 0.3 is 0 Å². The number of hydrogen-bond acceptors (Lipinski definition) is 5. The topological polar surface area (TPSA) is 107 Å². The number of nitrogens with two attached hydrogens (primary N) is 1. The number of fused-ring (bicyclic) bond motifs is 1. The van der Waals surface area contributed by atoms with Crippen LogP contribution in [0.4, 0.5) is 5.95 Å². The van der Waals surface area contributed by atoms with Crippen LogP contribution in [0.2, 0.25) is 0 Å². The van der Waals surface area contributed by atoms with Crippen molar-refractivity contribution in [2.45, 2.75) is 0 Å². The van der Waals surface area contributed by atoms with E-state index in [1.807, 2.05) is 0 Å². The minimum Gasteiger partial charge on any atom is -0.369 e. The highest BCUT2D eigenvalue weighted by Crippen LogP contribution is 2.03. The lowest BCUT2D eigenvalue weighted by Gasteiger charge is -2.02. The summed E-state index contributed by atoms with van der Waals surface area (Å²) in [6.07, 6.45) is 2.29. The second-order valence-corrected chi connectivity index (χ2v) is 2.75. The van der Waals surface area contributed by atoms with E-state index in [9.17, 15) is 9.59 Å². The second-order valence-electron chi connectivity index (χ2n) is 2.75. The minimum atomic E-state index is -0.624. The van der Waals surface area contributed by atoms with Gasteiger partial charge in [-0.05, 0) is 6.08 Å². The van der Waals surface area contributed by atoms with E-state index in [0.29, 0.717) is 0 Å². The van der Waals surface area contributed by atoms with Gasteiger partial charge in [-0.25, -0.2) is 9.55 Å². The molecule has 76 valence electrons. The summed E-state index contributed by atoms with van der Waals surface area (Å²) in [6, 6.07) is 0. The second kappa shape index (κ2) is 3.05. The number of carbonyl (C=O) groups is 1. The maximum absolute atomic E-state index is 11.7. The van der Waals surface area contributed by atoms with Crippen LogP contribution in [-0.2, 0) is 0 Å². The zero-order chi connectivity index (χ0) is 11.0. The van der Waals surface area contributed by atoms with E-state index >= 15 is 0 Å². The van der Waals surface area contributed by atoms with Crippen LogP contribution in [-0.4, -0.2) is 25.4 Å². The third kappa shape index (κ3) is 1.21. The van der Waals surface area contributed by atoms with Crippen molar-refractivity contribution < 1.29 is 4.79 Å². The molecule has 2 rings (SSSR count). The Labute approximate surface area is 83.3 Å². The molecule has 0 radical (unpaired) electrons. The van der Waals surface area contributed by atoms with Gasteiger partial charge in [0.05, 0.1) is 6.33 Å². The number of carbonyl (C=O) groups excluding carboxylic acids is 1. The molecule has 0 atom stereocenters. The Morgan fingerprint density at radius 1 is 1.67 bits per heavy atom. The van der Waals surface area contributed by atoms with E-state index in [2.05, 4.69) is 21.5 Å². The first-order valence-corrected chi connectivity index (χ1v) is 4.03. The van der Waals surface area contributed by atoms with Crippen molar-refractivity contribution >= 4 is 23.0 Å². The number of nitrogens with one attached hydrogen (secondary N) is 1. The first kappa shape index (κ1) is 9.13. The summed E-state index contributed by atoms with van der Waals surface area (Å²) in [5.41, 5.74) is 5.19. The lowest BCUT2D eigenvalue weighted by atomic mass is 10.5. The molecule has 0 aromatic carbocycles. The Balaban J connectivity index is 2.90. The summed E-state index contributed by atoms with van der Waals surface area (Å²) in [7, 11) is 0. The van der Waals surface area contributed by atoms with Gasteiger partial charge in [0.25, 0.3) is 11.5 Å². The van der Waals surface area contributed by atoms with Gasteiger partial charge in [0.15, 0.2) is 11.2 Å². The molecule has 0 saturated heterocycles. The van der Waals surface area contributed by atoms with Crippen LogP contribution in [0.1, 0.15) is 4.79 Å². The van der Waals surface area contributed by atoms with Gasteiger partial charge in [-0.15, -0.1) is 0 Å². The fourth-order valence-corrected chi connectivity index (χ4v) is 1.21.